The molecule has 0 aliphatic carbocycles. The van der Waals surface area contributed by atoms with Gasteiger partial charge in [0.05, 0.1) is 6.20 Å². The van der Waals surface area contributed by atoms with Gasteiger partial charge in [-0.2, -0.15) is 4.98 Å². The van der Waals surface area contributed by atoms with E-state index >= 15 is 0 Å². The van der Waals surface area contributed by atoms with E-state index in [-0.39, 0.29) is 35.6 Å². The third-order valence-corrected chi connectivity index (χ3v) is 5.73. The van der Waals surface area contributed by atoms with Gasteiger partial charge in [-0.15, -0.1) is 0 Å². The van der Waals surface area contributed by atoms with Crippen molar-refractivity contribution in [3.8, 4) is 5.75 Å². The van der Waals surface area contributed by atoms with Crippen LogP contribution in [0.4, 0.5) is 22.0 Å². The second kappa shape index (κ2) is 10.4. The molecule has 1 saturated heterocycles. The van der Waals surface area contributed by atoms with Crippen molar-refractivity contribution in [3.63, 3.8) is 0 Å². The molecule has 4 rings (SSSR count). The van der Waals surface area contributed by atoms with Crippen molar-refractivity contribution in [2.24, 2.45) is 0 Å². The second-order valence-electron chi connectivity index (χ2n) is 7.97. The first kappa shape index (κ1) is 22.7. The molecular formula is C24H26ClN5O3. The lowest BCUT2D eigenvalue weighted by atomic mass is 10.0. The number of benzene rings is 2. The molecule has 1 amide bonds. The van der Waals surface area contributed by atoms with E-state index in [1.54, 1.807) is 4.90 Å². The fourth-order valence-electron chi connectivity index (χ4n) is 3.72. The zero-order valence-corrected chi connectivity index (χ0v) is 19.0. The normalized spacial score (nSPS) is 14.1. The molecule has 0 atom stereocenters. The number of halogens is 1. The van der Waals surface area contributed by atoms with E-state index in [4.69, 9.17) is 16.3 Å². The van der Waals surface area contributed by atoms with E-state index < -0.39 is 0 Å². The minimum atomic E-state index is -0.267. The lowest BCUT2D eigenvalue weighted by Crippen LogP contribution is -2.42. The molecule has 0 spiro atoms. The number of aryl methyl sites for hydroxylation is 1. The maximum Gasteiger partial charge on any atom is 0.410 e. The number of hydrogen-bond acceptors (Lipinski definition) is 7. The summed E-state index contributed by atoms with van der Waals surface area (Å²) in [5, 5.41) is 16.6. The Morgan fingerprint density at radius 1 is 1.21 bits per heavy atom. The quantitative estimate of drug-likeness (QED) is 0.433. The minimum absolute atomic E-state index is 0.0561. The van der Waals surface area contributed by atoms with Crippen molar-refractivity contribution < 1.29 is 14.6 Å². The van der Waals surface area contributed by atoms with Crippen LogP contribution in [-0.4, -0.2) is 45.2 Å². The smallest absolute Gasteiger partial charge is 0.410 e. The van der Waals surface area contributed by atoms with E-state index in [0.29, 0.717) is 13.1 Å². The zero-order valence-electron chi connectivity index (χ0n) is 18.3. The second-order valence-corrected chi connectivity index (χ2v) is 8.31. The standard InChI is InChI=1S/C24H26ClN5O3/c1-16-13-19(28-22-21(31)14-26-23(25)29-22)7-8-20(16)27-18-9-11-30(12-10-18)24(32)33-15-17-5-3-2-4-6-17/h2-8,13-14,18,27,31H,9-12,15H2,1H3,(H,26,28,29). The predicted molar refractivity (Wildman–Crippen MR) is 128 cm³/mol. The Labute approximate surface area is 197 Å². The van der Waals surface area contributed by atoms with Gasteiger partial charge in [-0.05, 0) is 60.7 Å². The molecule has 1 fully saturated rings. The Balaban J connectivity index is 1.27. The van der Waals surface area contributed by atoms with Crippen molar-refractivity contribution in [2.75, 3.05) is 23.7 Å². The Hall–Kier alpha value is -3.52. The molecular weight excluding hydrogens is 442 g/mol. The maximum atomic E-state index is 12.4. The Kier molecular flexibility index (Phi) is 7.14. The van der Waals surface area contributed by atoms with Gasteiger partial charge in [-0.25, -0.2) is 9.78 Å². The highest BCUT2D eigenvalue weighted by Gasteiger charge is 2.24. The van der Waals surface area contributed by atoms with Crippen molar-refractivity contribution in [1.82, 2.24) is 14.9 Å². The van der Waals surface area contributed by atoms with Crippen LogP contribution in [0.3, 0.4) is 0 Å². The Morgan fingerprint density at radius 3 is 2.70 bits per heavy atom. The third kappa shape index (κ3) is 6.04. The Morgan fingerprint density at radius 2 is 1.97 bits per heavy atom. The number of rotatable bonds is 6. The number of amides is 1. The first-order valence-electron chi connectivity index (χ1n) is 10.8. The predicted octanol–water partition coefficient (Wildman–Crippen LogP) is 5.10. The van der Waals surface area contributed by atoms with E-state index in [9.17, 15) is 9.90 Å². The van der Waals surface area contributed by atoms with Gasteiger partial charge in [0.2, 0.25) is 5.28 Å². The minimum Gasteiger partial charge on any atom is -0.503 e. The van der Waals surface area contributed by atoms with Crippen LogP contribution >= 0.6 is 11.6 Å². The summed E-state index contributed by atoms with van der Waals surface area (Å²) in [5.74, 6) is 0.176. The fourth-order valence-corrected chi connectivity index (χ4v) is 3.86. The van der Waals surface area contributed by atoms with Crippen LogP contribution in [0.2, 0.25) is 5.28 Å². The van der Waals surface area contributed by atoms with Gasteiger partial charge in [0.25, 0.3) is 0 Å². The van der Waals surface area contributed by atoms with Crippen LogP contribution in [0.25, 0.3) is 0 Å². The summed E-state index contributed by atoms with van der Waals surface area (Å²) in [6.45, 7) is 3.60. The lowest BCUT2D eigenvalue weighted by Gasteiger charge is -2.32. The van der Waals surface area contributed by atoms with Crippen molar-refractivity contribution in [2.45, 2.75) is 32.4 Å². The average Bonchev–Trinajstić information content (AvgIpc) is 2.83. The van der Waals surface area contributed by atoms with Gasteiger partial charge >= 0.3 is 6.09 Å². The average molecular weight is 468 g/mol. The van der Waals surface area contributed by atoms with E-state index in [0.717, 1.165) is 35.3 Å². The summed E-state index contributed by atoms with van der Waals surface area (Å²) in [6, 6.07) is 15.8. The number of ether oxygens (including phenoxy) is 1. The van der Waals surface area contributed by atoms with Gasteiger partial charge < -0.3 is 25.4 Å². The molecule has 1 aromatic heterocycles. The number of aromatic nitrogens is 2. The van der Waals surface area contributed by atoms with Gasteiger partial charge in [-0.1, -0.05) is 30.3 Å². The molecule has 1 aliphatic heterocycles. The molecule has 0 bridgehead atoms. The van der Waals surface area contributed by atoms with Gasteiger partial charge in [0.1, 0.15) is 6.61 Å². The highest BCUT2D eigenvalue weighted by molar-refractivity contribution is 6.28. The summed E-state index contributed by atoms with van der Waals surface area (Å²) in [5.41, 5.74) is 3.83. The first-order chi connectivity index (χ1) is 16.0. The number of hydrogen-bond donors (Lipinski definition) is 3. The molecule has 0 unspecified atom stereocenters. The molecule has 0 saturated carbocycles. The fraction of sp³-hybridized carbons (Fsp3) is 0.292. The number of likely N-dealkylation sites (tertiary alicyclic amines) is 1. The van der Waals surface area contributed by atoms with Crippen LogP contribution in [0, 0.1) is 6.92 Å². The van der Waals surface area contributed by atoms with Crippen molar-refractivity contribution in [1.29, 1.82) is 0 Å². The monoisotopic (exact) mass is 467 g/mol. The number of anilines is 3. The largest absolute Gasteiger partial charge is 0.503 e. The maximum absolute atomic E-state index is 12.4. The molecule has 0 radical (unpaired) electrons. The molecule has 3 aromatic rings. The zero-order chi connectivity index (χ0) is 23.2. The summed E-state index contributed by atoms with van der Waals surface area (Å²) in [6.07, 6.45) is 2.67. The van der Waals surface area contributed by atoms with Crippen molar-refractivity contribution in [3.05, 3.63) is 71.1 Å². The Bertz CT molecular complexity index is 1100. The van der Waals surface area contributed by atoms with Gasteiger partial charge in [0.15, 0.2) is 11.6 Å². The highest BCUT2D eigenvalue weighted by Crippen LogP contribution is 2.28. The molecule has 2 heterocycles. The molecule has 8 nitrogen and oxygen atoms in total. The van der Waals surface area contributed by atoms with Crippen LogP contribution in [-0.2, 0) is 11.3 Å². The van der Waals surface area contributed by atoms with Gasteiger partial charge in [0, 0.05) is 30.5 Å². The number of piperidine rings is 1. The molecule has 2 aromatic carbocycles. The summed E-state index contributed by atoms with van der Waals surface area (Å²) < 4.78 is 5.44. The third-order valence-electron chi connectivity index (χ3n) is 5.55. The highest BCUT2D eigenvalue weighted by atomic mass is 35.5. The molecule has 3 N–H and O–H groups in total. The number of aromatic hydroxyl groups is 1. The molecule has 172 valence electrons. The van der Waals surface area contributed by atoms with Crippen LogP contribution in [0.15, 0.2) is 54.7 Å². The van der Waals surface area contributed by atoms with E-state index in [1.807, 2.05) is 55.5 Å². The number of carbonyl (C=O) groups excluding carboxylic acids is 1. The molecule has 33 heavy (non-hydrogen) atoms. The van der Waals surface area contributed by atoms with E-state index in [2.05, 4.69) is 20.6 Å². The number of carbonyl (C=O) groups is 1. The lowest BCUT2D eigenvalue weighted by molar-refractivity contribution is 0.0882. The van der Waals surface area contributed by atoms with Crippen LogP contribution in [0.1, 0.15) is 24.0 Å². The summed E-state index contributed by atoms with van der Waals surface area (Å²) >= 11 is 5.81. The first-order valence-corrected chi connectivity index (χ1v) is 11.2. The summed E-state index contributed by atoms with van der Waals surface area (Å²) in [7, 11) is 0. The summed E-state index contributed by atoms with van der Waals surface area (Å²) in [4.78, 5) is 21.9. The van der Waals surface area contributed by atoms with E-state index in [1.165, 1.54) is 6.20 Å². The topological polar surface area (TPSA) is 99.6 Å². The number of nitrogens with zero attached hydrogens (tertiary/aromatic N) is 3. The SMILES string of the molecule is Cc1cc(Nc2nc(Cl)ncc2O)ccc1NC1CCN(C(=O)OCc2ccccc2)CC1. The van der Waals surface area contributed by atoms with Crippen LogP contribution in [0.5, 0.6) is 5.75 Å². The molecule has 1 aliphatic rings. The molecule has 9 heteroatoms. The van der Waals surface area contributed by atoms with Gasteiger partial charge in [-0.3, -0.25) is 0 Å². The van der Waals surface area contributed by atoms with Crippen molar-refractivity contribution >= 4 is 34.9 Å². The van der Waals surface area contributed by atoms with Crippen LogP contribution < -0.4 is 10.6 Å². The number of nitrogens with one attached hydrogen (secondary N) is 2.